The van der Waals surface area contributed by atoms with Crippen molar-refractivity contribution >= 4 is 61.5 Å². The molecule has 6 rings (SSSR count). The van der Waals surface area contributed by atoms with Crippen molar-refractivity contribution in [2.45, 2.75) is 13.1 Å². The maximum atomic E-state index is 2.49. The third-order valence-electron chi connectivity index (χ3n) is 6.67. The maximum Gasteiger partial charge on any atom is 4.00 e. The summed E-state index contributed by atoms with van der Waals surface area (Å²) in [6.07, 6.45) is 0. The smallest absolute Gasteiger partial charge is 1.00 e. The molecule has 0 bridgehead atoms. The topological polar surface area (TPSA) is 0 Å². The SMILES string of the molecule is C[Si](C)(c1cc2c(ccc3ccccc32)[cH-]1)c1cc2c(ccc3ccccc32)[cH-]1.[Cl-].[Cl-].[Ti+4]. The Labute approximate surface area is 217 Å². The van der Waals surface area contributed by atoms with E-state index in [1.807, 2.05) is 0 Å². The summed E-state index contributed by atoms with van der Waals surface area (Å²) in [6, 6.07) is 36.3. The quantitative estimate of drug-likeness (QED) is 0.239. The average molecular weight is 505 g/mol. The van der Waals surface area contributed by atoms with Gasteiger partial charge in [-0.2, -0.15) is 12.1 Å². The van der Waals surface area contributed by atoms with Gasteiger partial charge in [0.15, 0.2) is 0 Å². The first-order valence-corrected chi connectivity index (χ1v) is 13.3. The Bertz CT molecular complexity index is 1430. The monoisotopic (exact) mass is 504 g/mol. The minimum Gasteiger partial charge on any atom is -1.00 e. The second kappa shape index (κ2) is 9.17. The van der Waals surface area contributed by atoms with Gasteiger partial charge < -0.3 is 24.8 Å². The molecular weight excluding hydrogens is 483 g/mol. The Hall–Kier alpha value is -1.87. The summed E-state index contributed by atoms with van der Waals surface area (Å²) in [5, 5.41) is 13.9. The van der Waals surface area contributed by atoms with E-state index in [2.05, 4.69) is 110 Å². The van der Waals surface area contributed by atoms with E-state index in [1.165, 1.54) is 53.5 Å². The summed E-state index contributed by atoms with van der Waals surface area (Å²) >= 11 is 0. The molecule has 0 saturated carbocycles. The number of benzene rings is 4. The van der Waals surface area contributed by atoms with Crippen LogP contribution in [0.25, 0.3) is 43.1 Å². The van der Waals surface area contributed by atoms with Crippen LogP contribution >= 0.6 is 0 Å². The molecule has 0 N–H and O–H groups in total. The van der Waals surface area contributed by atoms with Crippen LogP contribution < -0.4 is 35.2 Å². The summed E-state index contributed by atoms with van der Waals surface area (Å²) < 4.78 is 0. The molecule has 0 aliphatic rings. The van der Waals surface area contributed by atoms with Gasteiger partial charge in [-0.25, -0.2) is 0 Å². The van der Waals surface area contributed by atoms with E-state index in [0.29, 0.717) is 0 Å². The fraction of sp³-hybridized carbons (Fsp3) is 0.0714. The van der Waals surface area contributed by atoms with Crippen LogP contribution in [0, 0.1) is 0 Å². The van der Waals surface area contributed by atoms with Gasteiger partial charge in [-0.1, -0.05) is 84.5 Å². The predicted molar refractivity (Wildman–Crippen MR) is 131 cm³/mol. The van der Waals surface area contributed by atoms with Gasteiger partial charge >= 0.3 is 21.7 Å². The third kappa shape index (κ3) is 3.77. The fourth-order valence-corrected chi connectivity index (χ4v) is 7.19. The summed E-state index contributed by atoms with van der Waals surface area (Å²) in [6.45, 7) is 4.97. The molecule has 6 aromatic rings. The van der Waals surface area contributed by atoms with E-state index in [0.717, 1.165) is 0 Å². The van der Waals surface area contributed by atoms with Crippen molar-refractivity contribution in [1.29, 1.82) is 0 Å². The predicted octanol–water partition coefficient (Wildman–Crippen LogP) is 0.565. The molecule has 0 radical (unpaired) electrons. The Morgan fingerprint density at radius 1 is 0.531 bits per heavy atom. The minimum atomic E-state index is -1.80. The molecule has 4 heteroatoms. The van der Waals surface area contributed by atoms with Gasteiger partial charge in [-0.3, -0.25) is 0 Å². The Morgan fingerprint density at radius 3 is 1.38 bits per heavy atom. The van der Waals surface area contributed by atoms with Crippen LogP contribution in [-0.4, -0.2) is 8.07 Å². The second-order valence-corrected chi connectivity index (χ2v) is 13.1. The first-order valence-electron chi connectivity index (χ1n) is 10.3. The van der Waals surface area contributed by atoms with E-state index in [-0.39, 0.29) is 46.5 Å². The molecule has 6 aromatic carbocycles. The maximum absolute atomic E-state index is 2.49. The van der Waals surface area contributed by atoms with Crippen molar-refractivity contribution in [3.63, 3.8) is 0 Å². The van der Waals surface area contributed by atoms with Crippen LogP contribution in [0.15, 0.2) is 97.1 Å². The van der Waals surface area contributed by atoms with Crippen molar-refractivity contribution in [3.8, 4) is 0 Å². The van der Waals surface area contributed by atoms with Crippen molar-refractivity contribution in [2.75, 3.05) is 0 Å². The van der Waals surface area contributed by atoms with Crippen molar-refractivity contribution < 1.29 is 46.5 Å². The summed E-state index contributed by atoms with van der Waals surface area (Å²) in [7, 11) is -1.80. The number of halogens is 2. The average Bonchev–Trinajstić information content (AvgIpc) is 3.39. The molecule has 0 amide bonds. The fourth-order valence-electron chi connectivity index (χ4n) is 4.82. The van der Waals surface area contributed by atoms with Crippen molar-refractivity contribution in [3.05, 3.63) is 97.1 Å². The number of rotatable bonds is 2. The summed E-state index contributed by atoms with van der Waals surface area (Å²) in [5.41, 5.74) is 0. The largest absolute Gasteiger partial charge is 4.00 e. The van der Waals surface area contributed by atoms with E-state index in [1.54, 1.807) is 0 Å². The molecule has 0 fully saturated rings. The Morgan fingerprint density at radius 2 is 0.938 bits per heavy atom. The molecule has 0 aliphatic carbocycles. The van der Waals surface area contributed by atoms with Crippen LogP contribution in [0.4, 0.5) is 0 Å². The number of hydrogen-bond donors (Lipinski definition) is 0. The van der Waals surface area contributed by atoms with Crippen LogP contribution in [0.1, 0.15) is 0 Å². The second-order valence-electron chi connectivity index (χ2n) is 8.69. The molecular formula is C28H22Cl2SiTi. The third-order valence-corrected chi connectivity index (χ3v) is 10.1. The van der Waals surface area contributed by atoms with Crippen LogP contribution in [0.2, 0.25) is 13.1 Å². The summed E-state index contributed by atoms with van der Waals surface area (Å²) in [4.78, 5) is 0. The van der Waals surface area contributed by atoms with Crippen molar-refractivity contribution in [2.24, 2.45) is 0 Å². The zero-order chi connectivity index (χ0) is 19.6. The molecule has 0 saturated heterocycles. The molecule has 0 aliphatic heterocycles. The van der Waals surface area contributed by atoms with Crippen molar-refractivity contribution in [1.82, 2.24) is 0 Å². The van der Waals surface area contributed by atoms with E-state index >= 15 is 0 Å². The zero-order valence-corrected chi connectivity index (χ0v) is 22.1. The molecule has 0 atom stereocenters. The van der Waals surface area contributed by atoms with Crippen LogP contribution in [0.5, 0.6) is 0 Å². The van der Waals surface area contributed by atoms with E-state index < -0.39 is 8.07 Å². The van der Waals surface area contributed by atoms with Gasteiger partial charge in [0.05, 0.1) is 8.07 Å². The molecule has 156 valence electrons. The van der Waals surface area contributed by atoms with Gasteiger partial charge in [0.25, 0.3) is 0 Å². The molecule has 0 aromatic heterocycles. The van der Waals surface area contributed by atoms with Crippen LogP contribution in [0.3, 0.4) is 0 Å². The molecule has 0 unspecified atom stereocenters. The molecule has 32 heavy (non-hydrogen) atoms. The minimum absolute atomic E-state index is 0. The number of fused-ring (bicyclic) bond motifs is 6. The number of hydrogen-bond acceptors (Lipinski definition) is 0. The van der Waals surface area contributed by atoms with E-state index in [4.69, 9.17) is 0 Å². The van der Waals surface area contributed by atoms with Gasteiger partial charge in [0, 0.05) is 0 Å². The Balaban J connectivity index is 0.000000963. The first-order chi connectivity index (χ1) is 14.1. The molecule has 0 spiro atoms. The Kier molecular flexibility index (Phi) is 7.10. The zero-order valence-electron chi connectivity index (χ0n) is 18.0. The van der Waals surface area contributed by atoms with Gasteiger partial charge in [-0.05, 0) is 10.8 Å². The van der Waals surface area contributed by atoms with Gasteiger partial charge in [0.1, 0.15) is 0 Å². The molecule has 0 nitrogen and oxygen atoms in total. The van der Waals surface area contributed by atoms with Gasteiger partial charge in [0.2, 0.25) is 0 Å². The molecule has 0 heterocycles. The first kappa shape index (κ1) is 24.8. The van der Waals surface area contributed by atoms with Gasteiger partial charge in [-0.15, -0.1) is 56.2 Å². The van der Waals surface area contributed by atoms with E-state index in [9.17, 15) is 0 Å². The van der Waals surface area contributed by atoms with Crippen LogP contribution in [-0.2, 0) is 21.7 Å². The summed E-state index contributed by atoms with van der Waals surface area (Å²) in [5.74, 6) is 0. The standard InChI is InChI=1S/C28H22Si.2ClH.Ti/c1-29(2,23-15-21-13-11-19-7-3-5-9-25(19)27(21)17-23)24-16-22-14-12-20-8-4-6-10-26(20)28(22)18-24;;;/h3-18H,1-2H3;2*1H;/q-2;;;+4/p-2. The normalized spacial score (nSPS) is 11.3.